The third-order valence-corrected chi connectivity index (χ3v) is 5.17. The summed E-state index contributed by atoms with van der Waals surface area (Å²) in [6, 6.07) is 7.88. The van der Waals surface area contributed by atoms with Crippen molar-refractivity contribution >= 4 is 17.9 Å². The summed E-state index contributed by atoms with van der Waals surface area (Å²) in [6.45, 7) is 8.55. The predicted molar refractivity (Wildman–Crippen MR) is 124 cm³/mol. The first-order valence-electron chi connectivity index (χ1n) is 10.9. The number of carbonyl (C=O) groups is 1. The van der Waals surface area contributed by atoms with Gasteiger partial charge in [0.25, 0.3) is 0 Å². The number of piperidine rings is 1. The topological polar surface area (TPSA) is 85.8 Å². The zero-order chi connectivity index (χ0) is 22.9. The van der Waals surface area contributed by atoms with Gasteiger partial charge >= 0.3 is 6.03 Å². The maximum atomic E-state index is 12.6. The summed E-state index contributed by atoms with van der Waals surface area (Å²) in [5, 5.41) is 2.80. The molecular weight excluding hydrogens is 408 g/mol. The van der Waals surface area contributed by atoms with E-state index in [0.29, 0.717) is 38.0 Å². The van der Waals surface area contributed by atoms with E-state index < -0.39 is 0 Å². The highest BCUT2D eigenvalue weighted by atomic mass is 16.5. The van der Waals surface area contributed by atoms with E-state index in [1.807, 2.05) is 36.9 Å². The van der Waals surface area contributed by atoms with Crippen molar-refractivity contribution in [2.24, 2.45) is 5.92 Å². The van der Waals surface area contributed by atoms with Crippen molar-refractivity contribution in [3.63, 3.8) is 0 Å². The Morgan fingerprint density at radius 3 is 2.81 bits per heavy atom. The number of hydrogen-bond donors (Lipinski definition) is 1. The van der Waals surface area contributed by atoms with Gasteiger partial charge in [-0.1, -0.05) is 30.7 Å². The maximum absolute atomic E-state index is 12.6. The number of methoxy groups -OCH3 is 1. The number of hydrogen-bond acceptors (Lipinski definition) is 6. The number of rotatable bonds is 8. The predicted octanol–water partition coefficient (Wildman–Crippen LogP) is 4.25. The van der Waals surface area contributed by atoms with E-state index in [2.05, 4.69) is 34.4 Å². The smallest absolute Gasteiger partial charge is 0.323 e. The molecule has 1 aromatic heterocycles. The van der Waals surface area contributed by atoms with E-state index in [1.165, 1.54) is 25.1 Å². The Hall–Kier alpha value is -3.13. The lowest BCUT2D eigenvalue weighted by Crippen LogP contribution is -2.42. The second-order valence-corrected chi connectivity index (χ2v) is 8.03. The van der Waals surface area contributed by atoms with E-state index in [0.717, 1.165) is 17.7 Å². The number of likely N-dealkylation sites (tertiary alicyclic amines) is 1. The van der Waals surface area contributed by atoms with Gasteiger partial charge in [0.05, 0.1) is 32.2 Å². The fourth-order valence-electron chi connectivity index (χ4n) is 3.47. The van der Waals surface area contributed by atoms with Gasteiger partial charge in [0.2, 0.25) is 5.88 Å². The standard InChI is InChI=1S/C24H32N4O4/c1-17(2)31-10-11-32-21-7-5-6-19(13-21)12-20-8-9-28(16-18(20)3)24(29)27-22-14-26-23(30-4)15-25-22/h5-7,12-15,17-18H,8-11,16H2,1-4H3,(H,25,27,29)/b20-12+. The number of benzene rings is 1. The summed E-state index contributed by atoms with van der Waals surface area (Å²) in [5.74, 6) is 1.89. The molecule has 3 rings (SSSR count). The van der Waals surface area contributed by atoms with Crippen molar-refractivity contribution in [1.29, 1.82) is 0 Å². The van der Waals surface area contributed by atoms with Crippen LogP contribution in [0, 0.1) is 5.92 Å². The number of urea groups is 1. The lowest BCUT2D eigenvalue weighted by Gasteiger charge is -2.33. The van der Waals surface area contributed by atoms with Crippen LogP contribution in [-0.2, 0) is 4.74 Å². The summed E-state index contributed by atoms with van der Waals surface area (Å²) in [7, 11) is 1.52. The molecule has 2 amide bonds. The molecule has 0 saturated carbocycles. The Labute approximate surface area is 189 Å². The Morgan fingerprint density at radius 2 is 2.12 bits per heavy atom. The van der Waals surface area contributed by atoms with Crippen LogP contribution in [0.2, 0.25) is 0 Å². The first-order valence-corrected chi connectivity index (χ1v) is 10.9. The second kappa shape index (κ2) is 11.5. The average Bonchev–Trinajstić information content (AvgIpc) is 2.79. The molecule has 1 fully saturated rings. The molecule has 1 N–H and O–H groups in total. The fraction of sp³-hybridized carbons (Fsp3) is 0.458. The Kier molecular flexibility index (Phi) is 8.44. The van der Waals surface area contributed by atoms with Gasteiger partial charge in [-0.25, -0.2) is 14.8 Å². The van der Waals surface area contributed by atoms with Crippen molar-refractivity contribution in [2.45, 2.75) is 33.3 Å². The van der Waals surface area contributed by atoms with Crippen LogP contribution in [0.5, 0.6) is 11.6 Å². The molecule has 1 unspecified atom stereocenters. The number of anilines is 1. The largest absolute Gasteiger partial charge is 0.491 e. The lowest BCUT2D eigenvalue weighted by molar-refractivity contribution is 0.0552. The number of amides is 2. The maximum Gasteiger partial charge on any atom is 0.323 e. The number of aromatic nitrogens is 2. The second-order valence-electron chi connectivity index (χ2n) is 8.03. The minimum Gasteiger partial charge on any atom is -0.491 e. The minimum absolute atomic E-state index is 0.172. The van der Waals surface area contributed by atoms with Crippen LogP contribution in [0.15, 0.2) is 42.2 Å². The first-order chi connectivity index (χ1) is 15.4. The van der Waals surface area contributed by atoms with Crippen LogP contribution in [0.4, 0.5) is 10.6 Å². The number of ether oxygens (including phenoxy) is 3. The highest BCUT2D eigenvalue weighted by Gasteiger charge is 2.24. The first kappa shape index (κ1) is 23.5. The van der Waals surface area contributed by atoms with E-state index in [4.69, 9.17) is 14.2 Å². The lowest BCUT2D eigenvalue weighted by atomic mass is 9.91. The van der Waals surface area contributed by atoms with Crippen LogP contribution in [0.25, 0.3) is 6.08 Å². The van der Waals surface area contributed by atoms with Gasteiger partial charge in [0.1, 0.15) is 12.4 Å². The molecule has 8 nitrogen and oxygen atoms in total. The summed E-state index contributed by atoms with van der Waals surface area (Å²) >= 11 is 0. The van der Waals surface area contributed by atoms with Gasteiger partial charge in [-0.3, -0.25) is 5.32 Å². The molecule has 0 radical (unpaired) electrons. The van der Waals surface area contributed by atoms with Gasteiger partial charge in [0.15, 0.2) is 5.82 Å². The third-order valence-electron chi connectivity index (χ3n) is 5.17. The quantitative estimate of drug-likeness (QED) is 0.618. The average molecular weight is 441 g/mol. The molecule has 1 saturated heterocycles. The normalized spacial score (nSPS) is 17.5. The van der Waals surface area contributed by atoms with E-state index in [-0.39, 0.29) is 18.1 Å². The molecule has 1 aliphatic heterocycles. The Morgan fingerprint density at radius 1 is 1.28 bits per heavy atom. The Bertz CT molecular complexity index is 914. The highest BCUT2D eigenvalue weighted by Crippen LogP contribution is 2.26. The molecule has 1 aromatic carbocycles. The van der Waals surface area contributed by atoms with E-state index >= 15 is 0 Å². The van der Waals surface area contributed by atoms with Crippen LogP contribution in [-0.4, -0.2) is 60.4 Å². The van der Waals surface area contributed by atoms with Crippen molar-refractivity contribution in [3.05, 3.63) is 47.8 Å². The number of carbonyl (C=O) groups excluding carboxylic acids is 1. The van der Waals surface area contributed by atoms with Crippen LogP contribution < -0.4 is 14.8 Å². The molecule has 0 aliphatic carbocycles. The van der Waals surface area contributed by atoms with Crippen molar-refractivity contribution < 1.29 is 19.0 Å². The SMILES string of the molecule is COc1cnc(NC(=O)N2CC/C(=C\c3cccc(OCCOC(C)C)c3)C(C)C2)cn1. The van der Waals surface area contributed by atoms with Gasteiger partial charge in [-0.2, -0.15) is 0 Å². The number of nitrogens with one attached hydrogen (secondary N) is 1. The zero-order valence-corrected chi connectivity index (χ0v) is 19.2. The molecule has 1 aliphatic rings. The molecule has 0 spiro atoms. The van der Waals surface area contributed by atoms with Crippen LogP contribution >= 0.6 is 0 Å². The minimum atomic E-state index is -0.172. The summed E-state index contributed by atoms with van der Waals surface area (Å²) in [4.78, 5) is 22.6. The molecular formula is C24H32N4O4. The van der Waals surface area contributed by atoms with E-state index in [9.17, 15) is 4.79 Å². The molecule has 172 valence electrons. The van der Waals surface area contributed by atoms with Gasteiger partial charge < -0.3 is 19.1 Å². The molecule has 1 atom stereocenters. The number of nitrogens with zero attached hydrogens (tertiary/aromatic N) is 3. The molecule has 2 heterocycles. The summed E-state index contributed by atoms with van der Waals surface area (Å²) in [5.41, 5.74) is 2.42. The summed E-state index contributed by atoms with van der Waals surface area (Å²) < 4.78 is 16.3. The fourth-order valence-corrected chi connectivity index (χ4v) is 3.47. The molecule has 2 aromatic rings. The highest BCUT2D eigenvalue weighted by molar-refractivity contribution is 5.88. The molecule has 0 bridgehead atoms. The van der Waals surface area contributed by atoms with Crippen molar-refractivity contribution in [1.82, 2.24) is 14.9 Å². The van der Waals surface area contributed by atoms with Crippen molar-refractivity contribution in [2.75, 3.05) is 38.7 Å². The third kappa shape index (κ3) is 6.95. The molecule has 32 heavy (non-hydrogen) atoms. The summed E-state index contributed by atoms with van der Waals surface area (Å²) in [6.07, 6.45) is 6.18. The van der Waals surface area contributed by atoms with Gasteiger partial charge in [0, 0.05) is 13.1 Å². The molecule has 8 heteroatoms. The van der Waals surface area contributed by atoms with Crippen LogP contribution in [0.1, 0.15) is 32.8 Å². The van der Waals surface area contributed by atoms with Gasteiger partial charge in [-0.05, 0) is 43.9 Å². The monoisotopic (exact) mass is 440 g/mol. The Balaban J connectivity index is 1.54. The van der Waals surface area contributed by atoms with Crippen LogP contribution in [0.3, 0.4) is 0 Å². The van der Waals surface area contributed by atoms with Crippen molar-refractivity contribution in [3.8, 4) is 11.6 Å². The van der Waals surface area contributed by atoms with E-state index in [1.54, 1.807) is 0 Å². The van der Waals surface area contributed by atoms with Gasteiger partial charge in [-0.15, -0.1) is 0 Å². The zero-order valence-electron chi connectivity index (χ0n) is 19.2.